The number of nitrogens with one attached hydrogen (secondary N) is 2. The second-order valence-electron chi connectivity index (χ2n) is 5.73. The highest BCUT2D eigenvalue weighted by molar-refractivity contribution is 6.31. The van der Waals surface area contributed by atoms with Gasteiger partial charge in [0.2, 0.25) is 0 Å². The molecular formula is C18H18ClFN2O2. The zero-order valence-electron chi connectivity index (χ0n) is 13.4. The molecule has 0 saturated carbocycles. The van der Waals surface area contributed by atoms with E-state index in [1.54, 1.807) is 24.3 Å². The molecule has 4 nitrogen and oxygen atoms in total. The van der Waals surface area contributed by atoms with Gasteiger partial charge in [0.25, 0.3) is 11.8 Å². The number of rotatable bonds is 5. The Labute approximate surface area is 145 Å². The second-order valence-corrected chi connectivity index (χ2v) is 6.16. The first-order chi connectivity index (χ1) is 11.4. The van der Waals surface area contributed by atoms with Crippen molar-refractivity contribution in [3.63, 3.8) is 0 Å². The van der Waals surface area contributed by atoms with Crippen molar-refractivity contribution in [1.29, 1.82) is 0 Å². The third kappa shape index (κ3) is 4.55. The Bertz CT molecular complexity index is 762. The van der Waals surface area contributed by atoms with Crippen LogP contribution in [-0.4, -0.2) is 18.4 Å². The maximum atomic E-state index is 13.8. The highest BCUT2D eigenvalue weighted by Crippen LogP contribution is 2.19. The first-order valence-corrected chi connectivity index (χ1v) is 7.90. The average molecular weight is 349 g/mol. The fraction of sp³-hybridized carbons (Fsp3) is 0.222. The van der Waals surface area contributed by atoms with Crippen molar-refractivity contribution in [2.75, 3.05) is 11.9 Å². The maximum Gasteiger partial charge on any atom is 0.258 e. The Morgan fingerprint density at radius 1 is 1.08 bits per heavy atom. The van der Waals surface area contributed by atoms with E-state index >= 15 is 0 Å². The van der Waals surface area contributed by atoms with Crippen LogP contribution in [-0.2, 0) is 0 Å². The molecule has 0 heterocycles. The number of hydrogen-bond donors (Lipinski definition) is 2. The van der Waals surface area contributed by atoms with E-state index in [0.717, 1.165) is 6.07 Å². The van der Waals surface area contributed by atoms with Crippen molar-refractivity contribution in [2.24, 2.45) is 5.92 Å². The normalized spacial score (nSPS) is 10.5. The Morgan fingerprint density at radius 3 is 2.50 bits per heavy atom. The second kappa shape index (κ2) is 7.93. The van der Waals surface area contributed by atoms with Gasteiger partial charge < -0.3 is 10.6 Å². The van der Waals surface area contributed by atoms with E-state index in [4.69, 9.17) is 11.6 Å². The lowest BCUT2D eigenvalue weighted by Crippen LogP contribution is -2.28. The molecule has 2 amide bonds. The van der Waals surface area contributed by atoms with Crippen LogP contribution < -0.4 is 10.6 Å². The lowest BCUT2D eigenvalue weighted by Gasteiger charge is -2.13. The Hall–Kier alpha value is -2.40. The summed E-state index contributed by atoms with van der Waals surface area (Å²) in [6, 6.07) is 10.3. The predicted molar refractivity (Wildman–Crippen MR) is 93.0 cm³/mol. The number of para-hydroxylation sites is 1. The molecule has 2 rings (SSSR count). The molecule has 2 aromatic rings. The fourth-order valence-corrected chi connectivity index (χ4v) is 2.22. The monoisotopic (exact) mass is 348 g/mol. The van der Waals surface area contributed by atoms with Gasteiger partial charge in [-0.1, -0.05) is 37.6 Å². The van der Waals surface area contributed by atoms with E-state index < -0.39 is 11.7 Å². The Kier molecular flexibility index (Phi) is 5.93. The van der Waals surface area contributed by atoms with Crippen molar-refractivity contribution in [3.8, 4) is 0 Å². The summed E-state index contributed by atoms with van der Waals surface area (Å²) in [5.74, 6) is -1.35. The highest BCUT2D eigenvalue weighted by Gasteiger charge is 2.16. The van der Waals surface area contributed by atoms with Gasteiger partial charge in [0, 0.05) is 11.6 Å². The zero-order valence-corrected chi connectivity index (χ0v) is 14.2. The third-order valence-corrected chi connectivity index (χ3v) is 3.50. The Balaban J connectivity index is 2.22. The van der Waals surface area contributed by atoms with Crippen molar-refractivity contribution in [2.45, 2.75) is 13.8 Å². The van der Waals surface area contributed by atoms with Crippen LogP contribution in [0.1, 0.15) is 34.6 Å². The first-order valence-electron chi connectivity index (χ1n) is 7.52. The van der Waals surface area contributed by atoms with E-state index in [-0.39, 0.29) is 16.5 Å². The third-order valence-electron chi connectivity index (χ3n) is 3.26. The molecule has 0 saturated heterocycles. The number of hydrogen-bond acceptors (Lipinski definition) is 2. The minimum absolute atomic E-state index is 0.181. The van der Waals surface area contributed by atoms with Crippen molar-refractivity contribution in [3.05, 3.63) is 64.4 Å². The van der Waals surface area contributed by atoms with E-state index in [0.29, 0.717) is 23.7 Å². The number of carbonyl (C=O) groups excluding carboxylic acids is 2. The fourth-order valence-electron chi connectivity index (χ4n) is 2.04. The molecule has 0 radical (unpaired) electrons. The number of benzene rings is 2. The molecule has 126 valence electrons. The van der Waals surface area contributed by atoms with Crippen LogP contribution in [0.3, 0.4) is 0 Å². The van der Waals surface area contributed by atoms with E-state index in [1.165, 1.54) is 12.1 Å². The number of carbonyl (C=O) groups is 2. The van der Waals surface area contributed by atoms with Gasteiger partial charge in [0.05, 0.1) is 16.8 Å². The van der Waals surface area contributed by atoms with Crippen LogP contribution in [0.25, 0.3) is 0 Å². The average Bonchev–Trinajstić information content (AvgIpc) is 2.55. The summed E-state index contributed by atoms with van der Waals surface area (Å²) in [4.78, 5) is 24.5. The predicted octanol–water partition coefficient (Wildman–Crippen LogP) is 4.12. The maximum absolute atomic E-state index is 13.8. The Morgan fingerprint density at radius 2 is 1.79 bits per heavy atom. The van der Waals surface area contributed by atoms with E-state index in [2.05, 4.69) is 10.6 Å². The molecule has 2 N–H and O–H groups in total. The SMILES string of the molecule is CC(C)CNC(=O)c1ccccc1NC(=O)c1cc(Cl)ccc1F. The molecular weight excluding hydrogens is 331 g/mol. The van der Waals surface area contributed by atoms with Crippen molar-refractivity contribution < 1.29 is 14.0 Å². The van der Waals surface area contributed by atoms with Crippen LogP contribution in [0.2, 0.25) is 5.02 Å². The van der Waals surface area contributed by atoms with Crippen LogP contribution in [0.5, 0.6) is 0 Å². The summed E-state index contributed by atoms with van der Waals surface area (Å²) in [6.45, 7) is 4.48. The lowest BCUT2D eigenvalue weighted by atomic mass is 10.1. The van der Waals surface area contributed by atoms with Gasteiger partial charge in [0.15, 0.2) is 0 Å². The summed E-state index contributed by atoms with van der Waals surface area (Å²) in [7, 11) is 0. The molecule has 0 unspecified atom stereocenters. The first kappa shape index (κ1) is 17.9. The number of amides is 2. The summed E-state index contributed by atoms with van der Waals surface area (Å²) < 4.78 is 13.8. The van der Waals surface area contributed by atoms with Gasteiger partial charge in [-0.05, 0) is 36.2 Å². The van der Waals surface area contributed by atoms with Crippen molar-refractivity contribution in [1.82, 2.24) is 5.32 Å². The molecule has 0 aliphatic heterocycles. The van der Waals surface area contributed by atoms with Crippen LogP contribution in [0.4, 0.5) is 10.1 Å². The lowest BCUT2D eigenvalue weighted by molar-refractivity contribution is 0.0950. The standard InChI is InChI=1S/C18H18ClFN2O2/c1-11(2)10-21-17(23)13-5-3-4-6-16(13)22-18(24)14-9-12(19)7-8-15(14)20/h3-9,11H,10H2,1-2H3,(H,21,23)(H,22,24). The van der Waals surface area contributed by atoms with Crippen LogP contribution >= 0.6 is 11.6 Å². The summed E-state index contributed by atoms with van der Waals surface area (Å²) in [5.41, 5.74) is 0.442. The molecule has 0 aliphatic carbocycles. The molecule has 24 heavy (non-hydrogen) atoms. The van der Waals surface area contributed by atoms with Gasteiger partial charge in [-0.3, -0.25) is 9.59 Å². The molecule has 0 aliphatic rings. The van der Waals surface area contributed by atoms with Crippen LogP contribution in [0, 0.1) is 11.7 Å². The molecule has 6 heteroatoms. The molecule has 2 aromatic carbocycles. The highest BCUT2D eigenvalue weighted by atomic mass is 35.5. The van der Waals surface area contributed by atoms with Gasteiger partial charge >= 0.3 is 0 Å². The minimum atomic E-state index is -0.682. The van der Waals surface area contributed by atoms with E-state index in [1.807, 2.05) is 13.8 Å². The minimum Gasteiger partial charge on any atom is -0.352 e. The molecule has 0 aromatic heterocycles. The summed E-state index contributed by atoms with van der Waals surface area (Å²) >= 11 is 5.81. The number of halogens is 2. The molecule has 0 spiro atoms. The molecule has 0 atom stereocenters. The van der Waals surface area contributed by atoms with Gasteiger partial charge in [-0.15, -0.1) is 0 Å². The number of anilines is 1. The largest absolute Gasteiger partial charge is 0.352 e. The van der Waals surface area contributed by atoms with E-state index in [9.17, 15) is 14.0 Å². The van der Waals surface area contributed by atoms with Crippen LogP contribution in [0.15, 0.2) is 42.5 Å². The van der Waals surface area contributed by atoms with Crippen molar-refractivity contribution >= 4 is 29.1 Å². The smallest absolute Gasteiger partial charge is 0.258 e. The summed E-state index contributed by atoms with van der Waals surface area (Å²) in [6.07, 6.45) is 0. The van der Waals surface area contributed by atoms with Gasteiger partial charge in [0.1, 0.15) is 5.82 Å². The topological polar surface area (TPSA) is 58.2 Å². The van der Waals surface area contributed by atoms with Gasteiger partial charge in [-0.25, -0.2) is 4.39 Å². The quantitative estimate of drug-likeness (QED) is 0.854. The molecule has 0 fully saturated rings. The molecule has 0 bridgehead atoms. The van der Waals surface area contributed by atoms with Gasteiger partial charge in [-0.2, -0.15) is 0 Å². The zero-order chi connectivity index (χ0) is 17.7. The summed E-state index contributed by atoms with van der Waals surface area (Å²) in [5, 5.41) is 5.61.